The van der Waals surface area contributed by atoms with E-state index in [-0.39, 0.29) is 24.3 Å². The van der Waals surface area contributed by atoms with Gasteiger partial charge in [-0.1, -0.05) is 24.3 Å². The number of fused-ring (bicyclic) bond motifs is 1. The zero-order chi connectivity index (χ0) is 22.1. The van der Waals surface area contributed by atoms with Crippen LogP contribution in [0.2, 0.25) is 0 Å². The molecule has 1 N–H and O–H groups in total. The lowest BCUT2D eigenvalue weighted by Gasteiger charge is -2.12. The lowest BCUT2D eigenvalue weighted by atomic mass is 10.2. The van der Waals surface area contributed by atoms with E-state index in [1.54, 1.807) is 19.1 Å². The molecule has 10 heteroatoms. The van der Waals surface area contributed by atoms with Gasteiger partial charge in [0.15, 0.2) is 10.8 Å². The van der Waals surface area contributed by atoms with Gasteiger partial charge in [-0.25, -0.2) is 14.2 Å². The monoisotopic (exact) mass is 445 g/mol. The minimum atomic E-state index is -0.567. The molecule has 0 unspecified atom stereocenters. The van der Waals surface area contributed by atoms with Crippen LogP contribution in [0.3, 0.4) is 0 Å². The number of amides is 1. The lowest BCUT2D eigenvalue weighted by molar-refractivity contribution is -0.116. The number of benzene rings is 1. The molecule has 0 atom stereocenters. The highest BCUT2D eigenvalue weighted by Crippen LogP contribution is 2.28. The predicted molar refractivity (Wildman–Crippen MR) is 120 cm³/mol. The van der Waals surface area contributed by atoms with Crippen molar-refractivity contribution in [2.75, 3.05) is 23.3 Å². The van der Waals surface area contributed by atoms with Crippen molar-refractivity contribution in [3.8, 4) is 0 Å². The molecule has 1 amide bonds. The Morgan fingerprint density at radius 1 is 1.23 bits per heavy atom. The van der Waals surface area contributed by atoms with Crippen molar-refractivity contribution in [2.24, 2.45) is 0 Å². The largest absolute Gasteiger partial charge is 0.348 e. The molecule has 0 saturated carbocycles. The number of nitrogens with zero attached hydrogens (tertiary/aromatic N) is 4. The summed E-state index contributed by atoms with van der Waals surface area (Å²) >= 11 is 1.26. The number of carbonyl (C=O) groups excluding carboxylic acids is 1. The fourth-order valence-electron chi connectivity index (χ4n) is 3.69. The molecule has 3 aromatic rings. The summed E-state index contributed by atoms with van der Waals surface area (Å²) in [5, 5.41) is 3.31. The normalized spacial score (nSPS) is 13.8. The molecule has 0 spiro atoms. The zero-order valence-corrected chi connectivity index (χ0v) is 18.3. The fraction of sp³-hybridized carbons (Fsp3) is 0.429. The zero-order valence-electron chi connectivity index (χ0n) is 17.5. The van der Waals surface area contributed by atoms with Crippen LogP contribution in [0, 0.1) is 12.7 Å². The molecule has 1 saturated heterocycles. The summed E-state index contributed by atoms with van der Waals surface area (Å²) in [6.45, 7) is 5.16. The lowest BCUT2D eigenvalue weighted by Crippen LogP contribution is -2.41. The van der Waals surface area contributed by atoms with Gasteiger partial charge in [-0.2, -0.15) is 0 Å². The van der Waals surface area contributed by atoms with Crippen LogP contribution in [0.5, 0.6) is 0 Å². The van der Waals surface area contributed by atoms with Gasteiger partial charge < -0.3 is 10.2 Å². The van der Waals surface area contributed by atoms with Crippen molar-refractivity contribution in [3.63, 3.8) is 0 Å². The maximum atomic E-state index is 13.8. The number of aromatic nitrogens is 3. The van der Waals surface area contributed by atoms with E-state index in [9.17, 15) is 18.8 Å². The van der Waals surface area contributed by atoms with E-state index in [1.165, 1.54) is 22.0 Å². The highest BCUT2D eigenvalue weighted by Gasteiger charge is 2.23. The summed E-state index contributed by atoms with van der Waals surface area (Å²) in [5.41, 5.74) is 0.0548. The first kappa shape index (κ1) is 21.2. The molecule has 31 heavy (non-hydrogen) atoms. The molecule has 164 valence electrons. The number of rotatable bonds is 6. The van der Waals surface area contributed by atoms with Gasteiger partial charge in [-0.15, -0.1) is 0 Å². The Labute approximate surface area is 181 Å². The molecule has 8 nitrogen and oxygen atoms in total. The summed E-state index contributed by atoms with van der Waals surface area (Å²) < 4.78 is 16.6. The average molecular weight is 446 g/mol. The van der Waals surface area contributed by atoms with Crippen LogP contribution >= 0.6 is 11.3 Å². The molecule has 1 aliphatic heterocycles. The first-order chi connectivity index (χ1) is 14.9. The molecule has 0 bridgehead atoms. The van der Waals surface area contributed by atoms with Gasteiger partial charge in [-0.05, 0) is 43.9 Å². The van der Waals surface area contributed by atoms with Crippen molar-refractivity contribution in [1.82, 2.24) is 14.1 Å². The Bertz CT molecular complexity index is 1260. The number of carbonyl (C=O) groups is 1. The van der Waals surface area contributed by atoms with E-state index < -0.39 is 17.4 Å². The molecule has 1 aromatic carbocycles. The molecule has 1 aliphatic rings. The topological polar surface area (TPSA) is 89.2 Å². The van der Waals surface area contributed by atoms with Crippen LogP contribution in [0.1, 0.15) is 31.7 Å². The second-order valence-electron chi connectivity index (χ2n) is 7.68. The highest BCUT2D eigenvalue weighted by atomic mass is 32.1. The van der Waals surface area contributed by atoms with E-state index in [0.717, 1.165) is 30.5 Å². The van der Waals surface area contributed by atoms with Gasteiger partial charge in [-0.3, -0.25) is 18.7 Å². The van der Waals surface area contributed by atoms with Crippen LogP contribution in [0.4, 0.5) is 15.2 Å². The second kappa shape index (κ2) is 8.62. The minimum absolute atomic E-state index is 0.222. The maximum absolute atomic E-state index is 13.8. The number of anilines is 2. The summed E-state index contributed by atoms with van der Waals surface area (Å²) in [6.07, 6.45) is 2.71. The third-order valence-electron chi connectivity index (χ3n) is 5.34. The average Bonchev–Trinajstić information content (AvgIpc) is 3.41. The van der Waals surface area contributed by atoms with E-state index in [2.05, 4.69) is 15.2 Å². The summed E-state index contributed by atoms with van der Waals surface area (Å²) in [4.78, 5) is 45.3. The first-order valence-electron chi connectivity index (χ1n) is 10.3. The summed E-state index contributed by atoms with van der Waals surface area (Å²) in [6, 6.07) is 4.40. The Hall–Kier alpha value is -3.01. The molecule has 3 heterocycles. The quantitative estimate of drug-likeness (QED) is 0.630. The minimum Gasteiger partial charge on any atom is -0.348 e. The number of thiazole rings is 1. The van der Waals surface area contributed by atoms with Crippen molar-refractivity contribution in [3.05, 3.63) is 50.4 Å². The van der Waals surface area contributed by atoms with Crippen molar-refractivity contribution in [1.29, 1.82) is 0 Å². The maximum Gasteiger partial charge on any atom is 0.333 e. The van der Waals surface area contributed by atoms with Crippen molar-refractivity contribution in [2.45, 2.75) is 46.2 Å². The fourth-order valence-corrected chi connectivity index (χ4v) is 4.76. The molecule has 0 aliphatic carbocycles. The van der Waals surface area contributed by atoms with Crippen LogP contribution in [-0.2, 0) is 17.9 Å². The summed E-state index contributed by atoms with van der Waals surface area (Å²) in [5.74, 6) is -0.923. The van der Waals surface area contributed by atoms with Crippen LogP contribution in [0.15, 0.2) is 27.8 Å². The van der Waals surface area contributed by atoms with E-state index >= 15 is 0 Å². The Balaban J connectivity index is 1.73. The van der Waals surface area contributed by atoms with E-state index in [4.69, 9.17) is 0 Å². The Morgan fingerprint density at radius 3 is 2.65 bits per heavy atom. The van der Waals surface area contributed by atoms with Gasteiger partial charge in [0.1, 0.15) is 17.1 Å². The Morgan fingerprint density at radius 2 is 1.97 bits per heavy atom. The molecular formula is C21H24FN5O3S. The third-order valence-corrected chi connectivity index (χ3v) is 6.43. The summed E-state index contributed by atoms with van der Waals surface area (Å²) in [7, 11) is 0. The number of halogens is 1. The molecule has 4 rings (SSSR count). The van der Waals surface area contributed by atoms with Crippen LogP contribution in [0.25, 0.3) is 10.3 Å². The van der Waals surface area contributed by atoms with Gasteiger partial charge in [0, 0.05) is 25.3 Å². The number of nitrogens with one attached hydrogen (secondary N) is 1. The third kappa shape index (κ3) is 4.12. The molecule has 1 fully saturated rings. The van der Waals surface area contributed by atoms with Crippen LogP contribution < -0.4 is 21.5 Å². The number of aryl methyl sites for hydroxylation is 1. The number of hydrogen-bond donors (Lipinski definition) is 1. The second-order valence-corrected chi connectivity index (χ2v) is 8.66. The standard InChI is InChI=1S/C21H24FN5O3S/c1-3-8-26-19(29)17-18(24-20(31-17)25-9-4-5-10-25)27(21(26)30)12-16(28)23-14-7-6-13(2)15(22)11-14/h6-7,11H,3-5,8-10,12H2,1-2H3,(H,23,28). The first-order valence-corrected chi connectivity index (χ1v) is 11.2. The van der Waals surface area contributed by atoms with E-state index in [0.29, 0.717) is 27.5 Å². The van der Waals surface area contributed by atoms with Crippen LogP contribution in [-0.4, -0.2) is 33.1 Å². The van der Waals surface area contributed by atoms with Gasteiger partial charge in [0.2, 0.25) is 5.91 Å². The van der Waals surface area contributed by atoms with Gasteiger partial charge in [0.25, 0.3) is 5.56 Å². The molecular weight excluding hydrogens is 421 g/mol. The predicted octanol–water partition coefficient (Wildman–Crippen LogP) is 2.72. The SMILES string of the molecule is CCCn1c(=O)c2sc(N3CCCC3)nc2n(CC(=O)Nc2ccc(C)c(F)c2)c1=O. The van der Waals surface area contributed by atoms with E-state index in [1.807, 2.05) is 6.92 Å². The Kier molecular flexibility index (Phi) is 5.90. The number of hydrogen-bond acceptors (Lipinski definition) is 6. The van der Waals surface area contributed by atoms with Gasteiger partial charge in [0.05, 0.1) is 0 Å². The van der Waals surface area contributed by atoms with Crippen molar-refractivity contribution < 1.29 is 9.18 Å². The molecule has 2 aromatic heterocycles. The van der Waals surface area contributed by atoms with Gasteiger partial charge >= 0.3 is 5.69 Å². The smallest absolute Gasteiger partial charge is 0.333 e. The molecule has 0 radical (unpaired) electrons. The van der Waals surface area contributed by atoms with Crippen molar-refractivity contribution >= 4 is 38.4 Å². The highest BCUT2D eigenvalue weighted by molar-refractivity contribution is 7.22.